The van der Waals surface area contributed by atoms with E-state index >= 15 is 0 Å². The summed E-state index contributed by atoms with van der Waals surface area (Å²) in [6.45, 7) is 12.0. The van der Waals surface area contributed by atoms with Crippen LogP contribution in [0.3, 0.4) is 0 Å². The van der Waals surface area contributed by atoms with Crippen molar-refractivity contribution in [1.82, 2.24) is 15.0 Å². The molecule has 0 radical (unpaired) electrons. The molecule has 0 spiro atoms. The van der Waals surface area contributed by atoms with E-state index in [2.05, 4.69) is 34.1 Å². The van der Waals surface area contributed by atoms with Gasteiger partial charge in [0.1, 0.15) is 0 Å². The summed E-state index contributed by atoms with van der Waals surface area (Å²) in [5.74, 6) is 1.86. The Morgan fingerprint density at radius 2 is 1.85 bits per heavy atom. The summed E-state index contributed by atoms with van der Waals surface area (Å²) >= 11 is 0. The van der Waals surface area contributed by atoms with Crippen molar-refractivity contribution < 1.29 is 4.74 Å². The average molecular weight is 281 g/mol. The molecule has 1 aromatic rings. The monoisotopic (exact) mass is 281 g/mol. The van der Waals surface area contributed by atoms with Crippen LogP contribution in [0.4, 0.5) is 11.9 Å². The second kappa shape index (κ2) is 7.87. The first-order valence-electron chi connectivity index (χ1n) is 7.30. The molecule has 0 aliphatic carbocycles. The number of nitrogens with one attached hydrogen (secondary N) is 1. The molecule has 1 aromatic heterocycles. The van der Waals surface area contributed by atoms with E-state index in [-0.39, 0.29) is 6.10 Å². The first-order valence-corrected chi connectivity index (χ1v) is 7.30. The number of hydrogen-bond donors (Lipinski definition) is 1. The van der Waals surface area contributed by atoms with E-state index in [1.807, 2.05) is 32.7 Å². The summed E-state index contributed by atoms with van der Waals surface area (Å²) in [4.78, 5) is 15.1. The smallest absolute Gasteiger partial charge is 0.323 e. The van der Waals surface area contributed by atoms with Crippen molar-refractivity contribution in [3.05, 3.63) is 0 Å². The Balaban J connectivity index is 2.89. The fraction of sp³-hybridized carbons (Fsp3) is 0.786. The molecule has 0 aliphatic heterocycles. The van der Waals surface area contributed by atoms with Crippen molar-refractivity contribution in [2.75, 3.05) is 30.4 Å². The van der Waals surface area contributed by atoms with Gasteiger partial charge in [0.25, 0.3) is 0 Å². The summed E-state index contributed by atoms with van der Waals surface area (Å²) in [6, 6.07) is 0.373. The summed E-state index contributed by atoms with van der Waals surface area (Å²) < 4.78 is 5.59. The SMILES string of the molecule is CCNc1nc(OC(C)C)nc(N(C)CCC(C)C)n1. The maximum absolute atomic E-state index is 5.59. The molecule has 20 heavy (non-hydrogen) atoms. The Labute approximate surface area is 122 Å². The fourth-order valence-electron chi connectivity index (χ4n) is 1.57. The van der Waals surface area contributed by atoms with Gasteiger partial charge >= 0.3 is 6.01 Å². The summed E-state index contributed by atoms with van der Waals surface area (Å²) in [5, 5.41) is 3.11. The van der Waals surface area contributed by atoms with Crippen molar-refractivity contribution in [3.8, 4) is 6.01 Å². The molecule has 6 nitrogen and oxygen atoms in total. The normalized spacial score (nSPS) is 11.0. The maximum atomic E-state index is 5.59. The Bertz CT molecular complexity index is 409. The standard InChI is InChI=1S/C14H27N5O/c1-7-15-12-16-13(19(6)9-8-10(2)3)18-14(17-12)20-11(4)5/h10-11H,7-9H2,1-6H3,(H,15,16,17,18). The largest absolute Gasteiger partial charge is 0.461 e. The van der Waals surface area contributed by atoms with Gasteiger partial charge in [-0.15, -0.1) is 0 Å². The third kappa shape index (κ3) is 5.59. The molecule has 0 atom stereocenters. The fourth-order valence-corrected chi connectivity index (χ4v) is 1.57. The highest BCUT2D eigenvalue weighted by molar-refractivity contribution is 5.37. The van der Waals surface area contributed by atoms with E-state index < -0.39 is 0 Å². The predicted octanol–water partition coefficient (Wildman–Crippen LogP) is 2.57. The molecule has 1 rings (SSSR count). The van der Waals surface area contributed by atoms with Gasteiger partial charge in [-0.2, -0.15) is 15.0 Å². The van der Waals surface area contributed by atoms with Crippen LogP contribution in [0, 0.1) is 5.92 Å². The lowest BCUT2D eigenvalue weighted by atomic mass is 10.1. The molecule has 0 aliphatic rings. The summed E-state index contributed by atoms with van der Waals surface area (Å²) in [5.41, 5.74) is 0. The van der Waals surface area contributed by atoms with Gasteiger partial charge in [0.2, 0.25) is 11.9 Å². The van der Waals surface area contributed by atoms with Gasteiger partial charge in [-0.05, 0) is 33.1 Å². The van der Waals surface area contributed by atoms with Crippen molar-refractivity contribution in [1.29, 1.82) is 0 Å². The van der Waals surface area contributed by atoms with Crippen LogP contribution in [-0.2, 0) is 0 Å². The van der Waals surface area contributed by atoms with Crippen LogP contribution in [0.5, 0.6) is 6.01 Å². The predicted molar refractivity (Wildman–Crippen MR) is 82.5 cm³/mol. The van der Waals surface area contributed by atoms with E-state index in [0.29, 0.717) is 23.8 Å². The van der Waals surface area contributed by atoms with Gasteiger partial charge in [-0.25, -0.2) is 0 Å². The van der Waals surface area contributed by atoms with Crippen LogP contribution in [0.2, 0.25) is 0 Å². The Morgan fingerprint density at radius 3 is 2.40 bits per heavy atom. The first kappa shape index (κ1) is 16.5. The molecule has 0 amide bonds. The molecule has 1 heterocycles. The minimum absolute atomic E-state index is 0.0423. The number of rotatable bonds is 8. The van der Waals surface area contributed by atoms with E-state index in [4.69, 9.17) is 4.74 Å². The highest BCUT2D eigenvalue weighted by atomic mass is 16.5. The summed E-state index contributed by atoms with van der Waals surface area (Å²) in [7, 11) is 1.99. The first-order chi connectivity index (χ1) is 9.42. The molecule has 114 valence electrons. The van der Waals surface area contributed by atoms with Crippen molar-refractivity contribution in [2.45, 2.75) is 47.1 Å². The van der Waals surface area contributed by atoms with Gasteiger partial charge in [0.15, 0.2) is 0 Å². The zero-order valence-corrected chi connectivity index (χ0v) is 13.5. The number of nitrogens with zero attached hydrogens (tertiary/aromatic N) is 4. The average Bonchev–Trinajstić information content (AvgIpc) is 2.35. The molecule has 0 bridgehead atoms. The van der Waals surface area contributed by atoms with Crippen LogP contribution < -0.4 is 15.0 Å². The third-order valence-electron chi connectivity index (χ3n) is 2.66. The second-order valence-electron chi connectivity index (χ2n) is 5.54. The molecule has 1 N–H and O–H groups in total. The lowest BCUT2D eigenvalue weighted by Gasteiger charge is -2.19. The van der Waals surface area contributed by atoms with Gasteiger partial charge in [0.05, 0.1) is 6.10 Å². The highest BCUT2D eigenvalue weighted by Crippen LogP contribution is 2.16. The zero-order chi connectivity index (χ0) is 15.1. The topological polar surface area (TPSA) is 63.2 Å². The Kier molecular flexibility index (Phi) is 6.48. The van der Waals surface area contributed by atoms with Crippen LogP contribution >= 0.6 is 0 Å². The second-order valence-corrected chi connectivity index (χ2v) is 5.54. The Hall–Kier alpha value is -1.59. The molecular formula is C14H27N5O. The van der Waals surface area contributed by atoms with E-state index in [1.54, 1.807) is 0 Å². The minimum atomic E-state index is 0.0423. The van der Waals surface area contributed by atoms with Crippen LogP contribution in [0.1, 0.15) is 41.0 Å². The van der Waals surface area contributed by atoms with Crippen molar-refractivity contribution in [2.24, 2.45) is 5.92 Å². The molecule has 6 heteroatoms. The molecule has 0 saturated carbocycles. The number of aromatic nitrogens is 3. The van der Waals surface area contributed by atoms with E-state index in [1.165, 1.54) is 0 Å². The minimum Gasteiger partial charge on any atom is -0.461 e. The van der Waals surface area contributed by atoms with Crippen molar-refractivity contribution >= 4 is 11.9 Å². The molecule has 0 unspecified atom stereocenters. The van der Waals surface area contributed by atoms with Gasteiger partial charge < -0.3 is 15.0 Å². The van der Waals surface area contributed by atoms with Crippen LogP contribution in [0.15, 0.2) is 0 Å². The summed E-state index contributed by atoms with van der Waals surface area (Å²) in [6.07, 6.45) is 1.14. The number of ether oxygens (including phenoxy) is 1. The quantitative estimate of drug-likeness (QED) is 0.790. The van der Waals surface area contributed by atoms with Crippen LogP contribution in [-0.4, -0.2) is 41.2 Å². The van der Waals surface area contributed by atoms with E-state index in [0.717, 1.165) is 19.5 Å². The molecule has 0 fully saturated rings. The van der Waals surface area contributed by atoms with Crippen LogP contribution in [0.25, 0.3) is 0 Å². The highest BCUT2D eigenvalue weighted by Gasteiger charge is 2.12. The third-order valence-corrected chi connectivity index (χ3v) is 2.66. The number of hydrogen-bond acceptors (Lipinski definition) is 6. The molecule has 0 saturated heterocycles. The molecule has 0 aromatic carbocycles. The van der Waals surface area contributed by atoms with Gasteiger partial charge in [-0.3, -0.25) is 0 Å². The lowest BCUT2D eigenvalue weighted by Crippen LogP contribution is -2.24. The zero-order valence-electron chi connectivity index (χ0n) is 13.5. The van der Waals surface area contributed by atoms with Gasteiger partial charge in [-0.1, -0.05) is 13.8 Å². The van der Waals surface area contributed by atoms with E-state index in [9.17, 15) is 0 Å². The number of anilines is 2. The lowest BCUT2D eigenvalue weighted by molar-refractivity contribution is 0.222. The van der Waals surface area contributed by atoms with Crippen molar-refractivity contribution in [3.63, 3.8) is 0 Å². The Morgan fingerprint density at radius 1 is 1.15 bits per heavy atom. The van der Waals surface area contributed by atoms with Gasteiger partial charge in [0, 0.05) is 20.1 Å². The maximum Gasteiger partial charge on any atom is 0.323 e. The molecular weight excluding hydrogens is 254 g/mol.